The molecule has 0 bridgehead atoms. The molecule has 0 radical (unpaired) electrons. The van der Waals surface area contributed by atoms with E-state index in [2.05, 4.69) is 12.1 Å². The van der Waals surface area contributed by atoms with Gasteiger partial charge in [0.1, 0.15) is 0 Å². The molecule has 1 aliphatic carbocycles. The molecule has 0 aliphatic heterocycles. The standard InChI is InChI=1S/C12H16O2/c13-11-6-7-12(8-11)14-9-10-4-2-1-3-5-10/h1-5,11-13H,6-9H2/t11-,12-/m0/s1. The van der Waals surface area contributed by atoms with Crippen molar-refractivity contribution in [1.29, 1.82) is 0 Å². The summed E-state index contributed by atoms with van der Waals surface area (Å²) in [5.74, 6) is 0. The summed E-state index contributed by atoms with van der Waals surface area (Å²) in [5.41, 5.74) is 1.20. The molecule has 2 heteroatoms. The number of ether oxygens (including phenoxy) is 1. The predicted molar refractivity (Wildman–Crippen MR) is 54.9 cm³/mol. The molecule has 0 spiro atoms. The van der Waals surface area contributed by atoms with Gasteiger partial charge in [0.05, 0.1) is 18.8 Å². The molecule has 0 heterocycles. The maximum absolute atomic E-state index is 9.32. The van der Waals surface area contributed by atoms with Crippen molar-refractivity contribution in [2.45, 2.75) is 38.1 Å². The van der Waals surface area contributed by atoms with Gasteiger partial charge in [0.2, 0.25) is 0 Å². The lowest BCUT2D eigenvalue weighted by atomic mass is 10.2. The van der Waals surface area contributed by atoms with Crippen LogP contribution in [0.1, 0.15) is 24.8 Å². The highest BCUT2D eigenvalue weighted by Gasteiger charge is 2.22. The van der Waals surface area contributed by atoms with E-state index < -0.39 is 0 Å². The first-order chi connectivity index (χ1) is 6.84. The first kappa shape index (κ1) is 9.69. The molecule has 2 atom stereocenters. The van der Waals surface area contributed by atoms with Crippen LogP contribution in [0.2, 0.25) is 0 Å². The van der Waals surface area contributed by atoms with Crippen LogP contribution in [0.25, 0.3) is 0 Å². The van der Waals surface area contributed by atoms with Gasteiger partial charge < -0.3 is 9.84 Å². The number of hydrogen-bond acceptors (Lipinski definition) is 2. The highest BCUT2D eigenvalue weighted by atomic mass is 16.5. The summed E-state index contributed by atoms with van der Waals surface area (Å²) in [6.07, 6.45) is 2.79. The molecule has 1 aromatic rings. The summed E-state index contributed by atoms with van der Waals surface area (Å²) in [6, 6.07) is 10.2. The maximum Gasteiger partial charge on any atom is 0.0720 e. The second kappa shape index (κ2) is 4.58. The predicted octanol–water partition coefficient (Wildman–Crippen LogP) is 2.12. The van der Waals surface area contributed by atoms with Crippen LogP contribution in [0.15, 0.2) is 30.3 Å². The van der Waals surface area contributed by atoms with Gasteiger partial charge >= 0.3 is 0 Å². The number of aliphatic hydroxyl groups excluding tert-OH is 1. The minimum absolute atomic E-state index is 0.143. The van der Waals surface area contributed by atoms with Crippen molar-refractivity contribution in [2.75, 3.05) is 0 Å². The largest absolute Gasteiger partial charge is 0.393 e. The zero-order valence-corrected chi connectivity index (χ0v) is 8.23. The first-order valence-electron chi connectivity index (χ1n) is 5.18. The van der Waals surface area contributed by atoms with Crippen molar-refractivity contribution >= 4 is 0 Å². The van der Waals surface area contributed by atoms with Gasteiger partial charge in [-0.25, -0.2) is 0 Å². The minimum atomic E-state index is -0.143. The summed E-state index contributed by atoms with van der Waals surface area (Å²) in [6.45, 7) is 0.665. The molecule has 1 N–H and O–H groups in total. The average molecular weight is 192 g/mol. The molecule has 1 aromatic carbocycles. The van der Waals surface area contributed by atoms with Crippen molar-refractivity contribution in [3.05, 3.63) is 35.9 Å². The highest BCUT2D eigenvalue weighted by Crippen LogP contribution is 2.22. The normalized spacial score (nSPS) is 26.6. The smallest absolute Gasteiger partial charge is 0.0720 e. The number of aliphatic hydroxyl groups is 1. The van der Waals surface area contributed by atoms with Crippen LogP contribution >= 0.6 is 0 Å². The fourth-order valence-corrected chi connectivity index (χ4v) is 1.86. The van der Waals surface area contributed by atoms with Crippen molar-refractivity contribution in [3.8, 4) is 0 Å². The molecule has 0 unspecified atom stereocenters. The SMILES string of the molecule is O[C@H]1CC[C@H](OCc2ccccc2)C1. The third kappa shape index (κ3) is 2.56. The molecule has 0 saturated heterocycles. The Hall–Kier alpha value is -0.860. The summed E-state index contributed by atoms with van der Waals surface area (Å²) in [5, 5.41) is 9.32. The quantitative estimate of drug-likeness (QED) is 0.794. The summed E-state index contributed by atoms with van der Waals surface area (Å²) in [7, 11) is 0. The van der Waals surface area contributed by atoms with Crippen LogP contribution < -0.4 is 0 Å². The van der Waals surface area contributed by atoms with E-state index in [1.807, 2.05) is 18.2 Å². The van der Waals surface area contributed by atoms with Crippen LogP contribution in [-0.4, -0.2) is 17.3 Å². The average Bonchev–Trinajstić information content (AvgIpc) is 2.63. The van der Waals surface area contributed by atoms with Gasteiger partial charge in [-0.05, 0) is 24.8 Å². The Labute approximate surface area is 84.5 Å². The van der Waals surface area contributed by atoms with E-state index in [4.69, 9.17) is 4.74 Å². The monoisotopic (exact) mass is 192 g/mol. The van der Waals surface area contributed by atoms with Crippen molar-refractivity contribution < 1.29 is 9.84 Å². The van der Waals surface area contributed by atoms with Crippen molar-refractivity contribution in [1.82, 2.24) is 0 Å². The van der Waals surface area contributed by atoms with E-state index in [1.54, 1.807) is 0 Å². The van der Waals surface area contributed by atoms with E-state index in [0.29, 0.717) is 6.61 Å². The Bertz CT molecular complexity index is 271. The van der Waals surface area contributed by atoms with Gasteiger partial charge in [0.15, 0.2) is 0 Å². The van der Waals surface area contributed by atoms with E-state index in [0.717, 1.165) is 19.3 Å². The molecule has 1 saturated carbocycles. The number of rotatable bonds is 3. The topological polar surface area (TPSA) is 29.5 Å². The molecular formula is C12H16O2. The van der Waals surface area contributed by atoms with Crippen LogP contribution in [0.3, 0.4) is 0 Å². The Morgan fingerprint density at radius 3 is 2.64 bits per heavy atom. The number of benzene rings is 1. The lowest BCUT2D eigenvalue weighted by Gasteiger charge is -2.10. The van der Waals surface area contributed by atoms with Crippen molar-refractivity contribution in [3.63, 3.8) is 0 Å². The zero-order chi connectivity index (χ0) is 9.80. The Morgan fingerprint density at radius 1 is 1.21 bits per heavy atom. The van der Waals surface area contributed by atoms with Gasteiger partial charge in [-0.2, -0.15) is 0 Å². The second-order valence-electron chi connectivity index (χ2n) is 3.89. The molecule has 2 nitrogen and oxygen atoms in total. The van der Waals surface area contributed by atoms with Gasteiger partial charge in [-0.15, -0.1) is 0 Å². The second-order valence-corrected chi connectivity index (χ2v) is 3.89. The Kier molecular flexibility index (Phi) is 3.17. The van der Waals surface area contributed by atoms with E-state index >= 15 is 0 Å². The molecule has 1 fully saturated rings. The Morgan fingerprint density at radius 2 is 2.00 bits per heavy atom. The highest BCUT2D eigenvalue weighted by molar-refractivity contribution is 5.13. The third-order valence-corrected chi connectivity index (χ3v) is 2.69. The van der Waals surface area contributed by atoms with Gasteiger partial charge in [0.25, 0.3) is 0 Å². The molecule has 0 amide bonds. The van der Waals surface area contributed by atoms with Crippen molar-refractivity contribution in [2.24, 2.45) is 0 Å². The molecule has 76 valence electrons. The first-order valence-corrected chi connectivity index (χ1v) is 5.18. The summed E-state index contributed by atoms with van der Waals surface area (Å²) >= 11 is 0. The lowest BCUT2D eigenvalue weighted by molar-refractivity contribution is 0.0357. The molecule has 1 aliphatic rings. The van der Waals surface area contributed by atoms with Gasteiger partial charge in [0, 0.05) is 0 Å². The van der Waals surface area contributed by atoms with Crippen LogP contribution in [0, 0.1) is 0 Å². The molecular weight excluding hydrogens is 176 g/mol. The summed E-state index contributed by atoms with van der Waals surface area (Å²) < 4.78 is 5.70. The fraction of sp³-hybridized carbons (Fsp3) is 0.500. The molecule has 0 aromatic heterocycles. The number of hydrogen-bond donors (Lipinski definition) is 1. The maximum atomic E-state index is 9.32. The van der Waals surface area contributed by atoms with Crippen LogP contribution in [-0.2, 0) is 11.3 Å². The lowest BCUT2D eigenvalue weighted by Crippen LogP contribution is -2.09. The zero-order valence-electron chi connectivity index (χ0n) is 8.23. The van der Waals surface area contributed by atoms with E-state index in [1.165, 1.54) is 5.56 Å². The summed E-state index contributed by atoms with van der Waals surface area (Å²) in [4.78, 5) is 0. The fourth-order valence-electron chi connectivity index (χ4n) is 1.86. The van der Waals surface area contributed by atoms with Crippen LogP contribution in [0.4, 0.5) is 0 Å². The van der Waals surface area contributed by atoms with Crippen LogP contribution in [0.5, 0.6) is 0 Å². The Balaban J connectivity index is 1.78. The van der Waals surface area contributed by atoms with Gasteiger partial charge in [-0.3, -0.25) is 0 Å². The van der Waals surface area contributed by atoms with E-state index in [9.17, 15) is 5.11 Å². The molecule has 2 rings (SSSR count). The third-order valence-electron chi connectivity index (χ3n) is 2.69. The minimum Gasteiger partial charge on any atom is -0.393 e. The molecule has 14 heavy (non-hydrogen) atoms. The van der Waals surface area contributed by atoms with E-state index in [-0.39, 0.29) is 12.2 Å². The van der Waals surface area contributed by atoms with Gasteiger partial charge in [-0.1, -0.05) is 30.3 Å².